The van der Waals surface area contributed by atoms with Gasteiger partial charge in [-0.25, -0.2) is 9.18 Å². The summed E-state index contributed by atoms with van der Waals surface area (Å²) in [6, 6.07) is 3.90. The first-order valence-electron chi connectivity index (χ1n) is 4.31. The molecule has 0 aliphatic carbocycles. The fraction of sp³-hybridized carbons (Fsp3) is 0.300. The van der Waals surface area contributed by atoms with E-state index in [1.165, 1.54) is 19.1 Å². The van der Waals surface area contributed by atoms with Gasteiger partial charge in [-0.2, -0.15) is 0 Å². The molecule has 0 saturated carbocycles. The van der Waals surface area contributed by atoms with Crippen molar-refractivity contribution in [3.05, 3.63) is 34.6 Å². The van der Waals surface area contributed by atoms with Gasteiger partial charge in [-0.1, -0.05) is 17.7 Å². The highest BCUT2D eigenvalue weighted by Crippen LogP contribution is 2.19. The van der Waals surface area contributed by atoms with Crippen LogP contribution < -0.4 is 0 Å². The first-order valence-corrected chi connectivity index (χ1v) is 4.69. The van der Waals surface area contributed by atoms with Crippen LogP contribution in [0, 0.1) is 5.82 Å². The number of ether oxygens (including phenoxy) is 1. The fourth-order valence-corrected chi connectivity index (χ4v) is 1.20. The lowest BCUT2D eigenvalue weighted by atomic mass is 10.2. The lowest BCUT2D eigenvalue weighted by Gasteiger charge is -2.08. The second kappa shape index (κ2) is 5.09. The van der Waals surface area contributed by atoms with E-state index >= 15 is 0 Å². The summed E-state index contributed by atoms with van der Waals surface area (Å²) >= 11 is 5.64. The number of aliphatic hydroxyl groups excluding tert-OH is 1. The molecule has 82 valence electrons. The average molecular weight is 233 g/mol. The Balaban J connectivity index is 2.82. The van der Waals surface area contributed by atoms with E-state index in [-0.39, 0.29) is 17.2 Å². The van der Waals surface area contributed by atoms with Crippen LogP contribution in [-0.2, 0) is 4.74 Å². The molecular formula is C10H10ClFO3. The quantitative estimate of drug-likeness (QED) is 0.811. The third-order valence-corrected chi connectivity index (χ3v) is 1.94. The molecule has 3 nitrogen and oxygen atoms in total. The maximum Gasteiger partial charge on any atom is 0.342 e. The molecule has 0 heterocycles. The molecule has 1 aromatic carbocycles. The molecule has 0 amide bonds. The van der Waals surface area contributed by atoms with Gasteiger partial charge in [0, 0.05) is 0 Å². The molecule has 0 saturated heterocycles. The molecule has 0 aliphatic heterocycles. The molecular weight excluding hydrogens is 223 g/mol. The van der Waals surface area contributed by atoms with E-state index in [2.05, 4.69) is 4.74 Å². The molecule has 0 aromatic heterocycles. The van der Waals surface area contributed by atoms with Crippen LogP contribution in [-0.4, -0.2) is 23.8 Å². The van der Waals surface area contributed by atoms with Gasteiger partial charge in [0.2, 0.25) is 0 Å². The Labute approximate surface area is 91.4 Å². The van der Waals surface area contributed by atoms with Crippen LogP contribution in [0.4, 0.5) is 4.39 Å². The fourth-order valence-electron chi connectivity index (χ4n) is 0.961. The standard InChI is InChI=1S/C10H10ClFO3/c1-6(13)5-15-10(14)9-7(11)3-2-4-8(9)12/h2-4,6,13H,5H2,1H3. The second-order valence-corrected chi connectivity index (χ2v) is 3.45. The average Bonchev–Trinajstić information content (AvgIpc) is 2.14. The Morgan fingerprint density at radius 2 is 2.33 bits per heavy atom. The van der Waals surface area contributed by atoms with Crippen molar-refractivity contribution < 1.29 is 19.0 Å². The van der Waals surface area contributed by atoms with Gasteiger partial charge in [-0.15, -0.1) is 0 Å². The zero-order valence-electron chi connectivity index (χ0n) is 8.04. The molecule has 5 heteroatoms. The summed E-state index contributed by atoms with van der Waals surface area (Å²) in [5.74, 6) is -1.61. The highest BCUT2D eigenvalue weighted by Gasteiger charge is 2.17. The Bertz CT molecular complexity index is 345. The van der Waals surface area contributed by atoms with Gasteiger partial charge in [0.05, 0.1) is 11.1 Å². The normalized spacial score (nSPS) is 12.3. The highest BCUT2D eigenvalue weighted by atomic mass is 35.5. The van der Waals surface area contributed by atoms with Crippen molar-refractivity contribution >= 4 is 17.6 Å². The number of hydrogen-bond acceptors (Lipinski definition) is 3. The Hall–Kier alpha value is -1.13. The van der Waals surface area contributed by atoms with Crippen molar-refractivity contribution in [1.29, 1.82) is 0 Å². The van der Waals surface area contributed by atoms with Gasteiger partial charge in [0.25, 0.3) is 0 Å². The van der Waals surface area contributed by atoms with Crippen molar-refractivity contribution in [2.75, 3.05) is 6.61 Å². The molecule has 1 aromatic rings. The molecule has 0 radical (unpaired) electrons. The molecule has 0 aliphatic rings. The van der Waals surface area contributed by atoms with Gasteiger partial charge in [0.1, 0.15) is 18.0 Å². The first-order chi connectivity index (χ1) is 7.02. The number of aliphatic hydroxyl groups is 1. The van der Waals surface area contributed by atoms with Gasteiger partial charge in [0.15, 0.2) is 0 Å². The van der Waals surface area contributed by atoms with Crippen LogP contribution in [0.2, 0.25) is 5.02 Å². The smallest absolute Gasteiger partial charge is 0.342 e. The van der Waals surface area contributed by atoms with Crippen LogP contribution in [0.25, 0.3) is 0 Å². The van der Waals surface area contributed by atoms with E-state index in [0.717, 1.165) is 6.07 Å². The van der Waals surface area contributed by atoms with Crippen LogP contribution in [0.3, 0.4) is 0 Å². The summed E-state index contributed by atoms with van der Waals surface area (Å²) in [6.07, 6.45) is -0.792. The molecule has 15 heavy (non-hydrogen) atoms. The van der Waals surface area contributed by atoms with Crippen molar-refractivity contribution in [3.63, 3.8) is 0 Å². The molecule has 0 spiro atoms. The lowest BCUT2D eigenvalue weighted by Crippen LogP contribution is -2.16. The summed E-state index contributed by atoms with van der Waals surface area (Å²) < 4.78 is 17.8. The van der Waals surface area contributed by atoms with Gasteiger partial charge >= 0.3 is 5.97 Å². The van der Waals surface area contributed by atoms with E-state index in [0.29, 0.717) is 0 Å². The predicted molar refractivity (Wildman–Crippen MR) is 53.4 cm³/mol. The lowest BCUT2D eigenvalue weighted by molar-refractivity contribution is 0.0292. The zero-order chi connectivity index (χ0) is 11.4. The Morgan fingerprint density at radius 3 is 2.87 bits per heavy atom. The van der Waals surface area contributed by atoms with Crippen molar-refractivity contribution in [3.8, 4) is 0 Å². The van der Waals surface area contributed by atoms with Crippen molar-refractivity contribution in [2.45, 2.75) is 13.0 Å². The number of hydrogen-bond donors (Lipinski definition) is 1. The van der Waals surface area contributed by atoms with Crippen LogP contribution in [0.1, 0.15) is 17.3 Å². The number of carbonyl (C=O) groups excluding carboxylic acids is 1. The Morgan fingerprint density at radius 1 is 1.67 bits per heavy atom. The summed E-state index contributed by atoms with van der Waals surface area (Å²) in [6.45, 7) is 1.26. The highest BCUT2D eigenvalue weighted by molar-refractivity contribution is 6.33. The molecule has 1 N–H and O–H groups in total. The summed E-state index contributed by atoms with van der Waals surface area (Å²) in [5, 5.41) is 8.87. The van der Waals surface area contributed by atoms with Crippen molar-refractivity contribution in [1.82, 2.24) is 0 Å². The van der Waals surface area contributed by atoms with E-state index < -0.39 is 17.9 Å². The second-order valence-electron chi connectivity index (χ2n) is 3.04. The van der Waals surface area contributed by atoms with Crippen LogP contribution in [0.5, 0.6) is 0 Å². The zero-order valence-corrected chi connectivity index (χ0v) is 8.79. The third kappa shape index (κ3) is 3.18. The summed E-state index contributed by atoms with van der Waals surface area (Å²) in [7, 11) is 0. The number of halogens is 2. The number of carbonyl (C=O) groups is 1. The number of esters is 1. The predicted octanol–water partition coefficient (Wildman–Crippen LogP) is 2.02. The van der Waals surface area contributed by atoms with Gasteiger partial charge in [-0.3, -0.25) is 0 Å². The van der Waals surface area contributed by atoms with E-state index in [1.807, 2.05) is 0 Å². The maximum absolute atomic E-state index is 13.2. The maximum atomic E-state index is 13.2. The van der Waals surface area contributed by atoms with Gasteiger partial charge < -0.3 is 9.84 Å². The monoisotopic (exact) mass is 232 g/mol. The topological polar surface area (TPSA) is 46.5 Å². The summed E-state index contributed by atoms with van der Waals surface area (Å²) in [4.78, 5) is 11.3. The van der Waals surface area contributed by atoms with Crippen LogP contribution in [0.15, 0.2) is 18.2 Å². The van der Waals surface area contributed by atoms with E-state index in [4.69, 9.17) is 16.7 Å². The number of rotatable bonds is 3. The largest absolute Gasteiger partial charge is 0.459 e. The molecule has 1 unspecified atom stereocenters. The Kier molecular flexibility index (Phi) is 4.05. The molecule has 0 fully saturated rings. The summed E-state index contributed by atoms with van der Waals surface area (Å²) in [5.41, 5.74) is -0.306. The van der Waals surface area contributed by atoms with Crippen molar-refractivity contribution in [2.24, 2.45) is 0 Å². The minimum atomic E-state index is -0.876. The number of benzene rings is 1. The SMILES string of the molecule is CC(O)COC(=O)c1c(F)cccc1Cl. The van der Waals surface area contributed by atoms with E-state index in [1.54, 1.807) is 0 Å². The van der Waals surface area contributed by atoms with Gasteiger partial charge in [-0.05, 0) is 19.1 Å². The third-order valence-electron chi connectivity index (χ3n) is 1.62. The van der Waals surface area contributed by atoms with Crippen LogP contribution >= 0.6 is 11.6 Å². The molecule has 0 bridgehead atoms. The molecule has 1 rings (SSSR count). The molecule has 1 atom stereocenters. The first kappa shape index (κ1) is 11.9. The van der Waals surface area contributed by atoms with E-state index in [9.17, 15) is 9.18 Å². The minimum Gasteiger partial charge on any atom is -0.459 e. The minimum absolute atomic E-state index is 0.00871.